The van der Waals surface area contributed by atoms with Crippen LogP contribution in [-0.2, 0) is 6.42 Å². The van der Waals surface area contributed by atoms with E-state index < -0.39 is 11.9 Å². The van der Waals surface area contributed by atoms with Gasteiger partial charge in [-0.2, -0.15) is 14.6 Å². The van der Waals surface area contributed by atoms with E-state index in [1.807, 2.05) is 12.1 Å². The third kappa shape index (κ3) is 2.81. The van der Waals surface area contributed by atoms with E-state index >= 15 is 0 Å². The molecular weight excluding hydrogens is 377 g/mol. The zero-order chi connectivity index (χ0) is 20.1. The second-order valence-electron chi connectivity index (χ2n) is 6.64. The largest absolute Gasteiger partial charge is 0.445 e. The van der Waals surface area contributed by atoms with E-state index in [1.54, 1.807) is 25.4 Å². The average Bonchev–Trinajstić information content (AvgIpc) is 3.40. The highest BCUT2D eigenvalue weighted by Gasteiger charge is 2.20. The number of amides is 1. The Bertz CT molecular complexity index is 1400. The van der Waals surface area contributed by atoms with E-state index in [-0.39, 0.29) is 17.9 Å². The molecule has 0 atom stereocenters. The molecule has 4 N–H and O–H groups in total. The summed E-state index contributed by atoms with van der Waals surface area (Å²) < 4.78 is 19.9. The first-order valence-corrected chi connectivity index (χ1v) is 8.71. The first-order valence-electron chi connectivity index (χ1n) is 8.71. The molecule has 5 aromatic rings. The second kappa shape index (κ2) is 6.23. The molecule has 0 unspecified atom stereocenters. The number of nitrogens with one attached hydrogen (secondary N) is 2. The van der Waals surface area contributed by atoms with Crippen LogP contribution in [0.2, 0.25) is 0 Å². The molecule has 0 aliphatic rings. The van der Waals surface area contributed by atoms with Crippen molar-refractivity contribution < 1.29 is 13.6 Å². The molecular formula is C19H14FN7O2. The molecule has 29 heavy (non-hydrogen) atoms. The van der Waals surface area contributed by atoms with Crippen LogP contribution in [0, 0.1) is 12.9 Å². The number of primary amides is 1. The van der Waals surface area contributed by atoms with Crippen LogP contribution in [-0.4, -0.2) is 36.3 Å². The quantitative estimate of drug-likeness (QED) is 0.430. The van der Waals surface area contributed by atoms with Crippen LogP contribution in [0.1, 0.15) is 27.7 Å². The number of nitrogens with zero attached hydrogens (tertiary/aromatic N) is 4. The number of fused-ring (bicyclic) bond motifs is 2. The van der Waals surface area contributed by atoms with Crippen molar-refractivity contribution in [3.8, 4) is 11.1 Å². The van der Waals surface area contributed by atoms with E-state index in [1.165, 1.54) is 0 Å². The minimum atomic E-state index is -0.702. The monoisotopic (exact) mass is 391 g/mol. The molecule has 144 valence electrons. The van der Waals surface area contributed by atoms with Crippen molar-refractivity contribution in [2.24, 2.45) is 5.73 Å². The number of nitrogens with two attached hydrogens (primary N) is 1. The van der Waals surface area contributed by atoms with Crippen molar-refractivity contribution in [2.45, 2.75) is 13.3 Å². The summed E-state index contributed by atoms with van der Waals surface area (Å²) in [7, 11) is 0. The summed E-state index contributed by atoms with van der Waals surface area (Å²) >= 11 is 0. The number of carbonyl (C=O) groups is 1. The number of oxazole rings is 1. The maximum Gasteiger partial charge on any atom is 0.270 e. The topological polar surface area (TPSA) is 139 Å². The van der Waals surface area contributed by atoms with Crippen molar-refractivity contribution >= 4 is 27.8 Å². The van der Waals surface area contributed by atoms with Gasteiger partial charge in [0.05, 0.1) is 17.1 Å². The van der Waals surface area contributed by atoms with Gasteiger partial charge in [0.25, 0.3) is 5.91 Å². The summed E-state index contributed by atoms with van der Waals surface area (Å²) in [5.41, 5.74) is 8.72. The number of aromatic nitrogens is 6. The Morgan fingerprint density at radius 2 is 2.07 bits per heavy atom. The van der Waals surface area contributed by atoms with Gasteiger partial charge in [-0.15, -0.1) is 0 Å². The lowest BCUT2D eigenvalue weighted by Crippen LogP contribution is -2.14. The number of H-pyrrole nitrogens is 2. The lowest BCUT2D eigenvalue weighted by molar-refractivity contribution is 0.0994. The minimum absolute atomic E-state index is 0.0337. The lowest BCUT2D eigenvalue weighted by atomic mass is 9.98. The van der Waals surface area contributed by atoms with Crippen molar-refractivity contribution in [2.75, 3.05) is 0 Å². The van der Waals surface area contributed by atoms with Crippen LogP contribution >= 0.6 is 0 Å². The van der Waals surface area contributed by atoms with Gasteiger partial charge in [0.2, 0.25) is 5.95 Å². The molecule has 0 spiro atoms. The van der Waals surface area contributed by atoms with Gasteiger partial charge < -0.3 is 10.2 Å². The number of benzene rings is 1. The first-order chi connectivity index (χ1) is 14.0. The van der Waals surface area contributed by atoms with Crippen molar-refractivity contribution in [3.63, 3.8) is 0 Å². The Hall–Kier alpha value is -4.08. The number of aromatic amines is 2. The van der Waals surface area contributed by atoms with Gasteiger partial charge in [-0.25, -0.2) is 9.97 Å². The molecule has 1 aromatic carbocycles. The van der Waals surface area contributed by atoms with Gasteiger partial charge >= 0.3 is 0 Å². The molecule has 0 aliphatic carbocycles. The smallest absolute Gasteiger partial charge is 0.270 e. The van der Waals surface area contributed by atoms with E-state index in [9.17, 15) is 9.18 Å². The number of aryl methyl sites for hydroxylation is 1. The molecule has 5 rings (SSSR count). The minimum Gasteiger partial charge on any atom is -0.445 e. The number of hydrogen-bond acceptors (Lipinski definition) is 6. The van der Waals surface area contributed by atoms with E-state index in [4.69, 9.17) is 10.2 Å². The van der Waals surface area contributed by atoms with Crippen LogP contribution in [0.25, 0.3) is 33.1 Å². The molecule has 4 aromatic heterocycles. The number of pyridine rings is 1. The van der Waals surface area contributed by atoms with Gasteiger partial charge in [0, 0.05) is 30.5 Å². The van der Waals surface area contributed by atoms with Crippen LogP contribution in [0.15, 0.2) is 35.0 Å². The molecule has 0 radical (unpaired) electrons. The van der Waals surface area contributed by atoms with E-state index in [0.717, 1.165) is 16.5 Å². The summed E-state index contributed by atoms with van der Waals surface area (Å²) in [6, 6.07) is 5.50. The molecule has 0 fully saturated rings. The zero-order valence-electron chi connectivity index (χ0n) is 15.2. The van der Waals surface area contributed by atoms with Crippen LogP contribution < -0.4 is 5.73 Å². The predicted octanol–water partition coefficient (Wildman–Crippen LogP) is 2.63. The maximum absolute atomic E-state index is 14.4. The fourth-order valence-electron chi connectivity index (χ4n) is 3.45. The van der Waals surface area contributed by atoms with Crippen molar-refractivity contribution in [1.82, 2.24) is 30.4 Å². The predicted molar refractivity (Wildman–Crippen MR) is 101 cm³/mol. The number of hydrogen-bond donors (Lipinski definition) is 3. The van der Waals surface area contributed by atoms with Crippen LogP contribution in [0.5, 0.6) is 0 Å². The van der Waals surface area contributed by atoms with E-state index in [0.29, 0.717) is 28.0 Å². The summed E-state index contributed by atoms with van der Waals surface area (Å²) in [6.45, 7) is 1.62. The standard InChI is InChI=1S/C19H14FN7O2/c1-8-24-16(18(21)28)14(29-8)5-10-2-9(4-13-15(10)17(20)26-25-13)11-3-12-7-23-27-19(12)22-6-11/h2-4,6-7H,5H2,1H3,(H2,21,28)(H,25,26)(H,22,23,27). The number of rotatable bonds is 4. The fraction of sp³-hybridized carbons (Fsp3) is 0.105. The second-order valence-corrected chi connectivity index (χ2v) is 6.64. The van der Waals surface area contributed by atoms with Gasteiger partial charge in [-0.05, 0) is 29.3 Å². The van der Waals surface area contributed by atoms with Crippen molar-refractivity contribution in [3.05, 3.63) is 59.4 Å². The number of halogens is 1. The Kier molecular flexibility index (Phi) is 3.66. The van der Waals surface area contributed by atoms with Gasteiger partial charge in [0.1, 0.15) is 5.76 Å². The normalized spacial score (nSPS) is 11.5. The maximum atomic E-state index is 14.4. The molecule has 0 bridgehead atoms. The van der Waals surface area contributed by atoms with Gasteiger partial charge in [-0.3, -0.25) is 15.0 Å². The molecule has 4 heterocycles. The third-order valence-corrected chi connectivity index (χ3v) is 4.71. The molecule has 0 saturated carbocycles. The SMILES string of the molecule is Cc1nc(C(N)=O)c(Cc2cc(-c3cnc4[nH]ncc4c3)cc3n[nH]c(F)c23)o1. The molecule has 0 aliphatic heterocycles. The van der Waals surface area contributed by atoms with Gasteiger partial charge in [0.15, 0.2) is 17.2 Å². The Balaban J connectivity index is 1.68. The third-order valence-electron chi connectivity index (χ3n) is 4.71. The molecule has 0 saturated heterocycles. The Labute approximate surface area is 162 Å². The highest BCUT2D eigenvalue weighted by atomic mass is 19.1. The molecule has 1 amide bonds. The summed E-state index contributed by atoms with van der Waals surface area (Å²) in [5.74, 6) is -0.686. The van der Waals surface area contributed by atoms with Gasteiger partial charge in [-0.1, -0.05) is 0 Å². The highest BCUT2D eigenvalue weighted by molar-refractivity contribution is 5.93. The lowest BCUT2D eigenvalue weighted by Gasteiger charge is -2.07. The summed E-state index contributed by atoms with van der Waals surface area (Å²) in [5, 5.41) is 14.3. The first kappa shape index (κ1) is 17.0. The van der Waals surface area contributed by atoms with Crippen LogP contribution in [0.4, 0.5) is 4.39 Å². The van der Waals surface area contributed by atoms with E-state index in [2.05, 4.69) is 30.4 Å². The Morgan fingerprint density at radius 1 is 1.21 bits per heavy atom. The number of carbonyl (C=O) groups excluding carboxylic acids is 1. The highest BCUT2D eigenvalue weighted by Crippen LogP contribution is 2.31. The molecule has 9 nitrogen and oxygen atoms in total. The Morgan fingerprint density at radius 3 is 2.90 bits per heavy atom. The van der Waals surface area contributed by atoms with Crippen LogP contribution in [0.3, 0.4) is 0 Å². The summed E-state index contributed by atoms with van der Waals surface area (Å²) in [6.07, 6.45) is 3.50. The van der Waals surface area contributed by atoms with Crippen molar-refractivity contribution in [1.29, 1.82) is 0 Å². The molecule has 10 heteroatoms. The zero-order valence-corrected chi connectivity index (χ0v) is 15.2. The summed E-state index contributed by atoms with van der Waals surface area (Å²) in [4.78, 5) is 20.1. The fourth-order valence-corrected chi connectivity index (χ4v) is 3.45. The average molecular weight is 391 g/mol.